The molecule has 1 heterocycles. The van der Waals surface area contributed by atoms with E-state index in [-0.39, 0.29) is 24.0 Å². The van der Waals surface area contributed by atoms with Crippen molar-refractivity contribution in [2.45, 2.75) is 38.3 Å². The Kier molecular flexibility index (Phi) is 8.48. The third-order valence-corrected chi connectivity index (χ3v) is 5.56. The van der Waals surface area contributed by atoms with Crippen molar-refractivity contribution in [3.63, 3.8) is 0 Å². The molecule has 2 N–H and O–H groups in total. The molecule has 0 spiro atoms. The van der Waals surface area contributed by atoms with Crippen molar-refractivity contribution in [1.29, 1.82) is 0 Å². The van der Waals surface area contributed by atoms with E-state index in [0.29, 0.717) is 18.6 Å². The second-order valence-electron chi connectivity index (χ2n) is 6.25. The van der Waals surface area contributed by atoms with E-state index in [2.05, 4.69) is 16.0 Å². The van der Waals surface area contributed by atoms with Crippen molar-refractivity contribution in [2.75, 3.05) is 31.7 Å². The summed E-state index contributed by atoms with van der Waals surface area (Å²) >= 11 is 1.97. The largest absolute Gasteiger partial charge is 0.493 e. The summed E-state index contributed by atoms with van der Waals surface area (Å²) in [5.74, 6) is 4.47. The van der Waals surface area contributed by atoms with Gasteiger partial charge in [-0.1, -0.05) is 12.1 Å². The molecule has 1 saturated heterocycles. The zero-order valence-electron chi connectivity index (χ0n) is 14.8. The van der Waals surface area contributed by atoms with Crippen LogP contribution < -0.4 is 15.2 Å². The van der Waals surface area contributed by atoms with Crippen molar-refractivity contribution >= 4 is 41.7 Å². The zero-order chi connectivity index (χ0) is 16.8. The van der Waals surface area contributed by atoms with Crippen LogP contribution in [0.1, 0.15) is 31.2 Å². The molecule has 0 atom stereocenters. The minimum Gasteiger partial charge on any atom is -0.493 e. The van der Waals surface area contributed by atoms with E-state index in [1.807, 2.05) is 23.9 Å². The third kappa shape index (κ3) is 5.57. The lowest BCUT2D eigenvalue weighted by Gasteiger charge is -2.27. The minimum atomic E-state index is 0. The number of ether oxygens (including phenoxy) is 2. The maximum atomic E-state index is 6.25. The highest BCUT2D eigenvalue weighted by Crippen LogP contribution is 2.35. The Morgan fingerprint density at radius 1 is 1.28 bits per heavy atom. The Hall–Kier alpha value is -0.830. The molecule has 0 unspecified atom stereocenters. The van der Waals surface area contributed by atoms with Crippen LogP contribution in [0, 0.1) is 0 Å². The van der Waals surface area contributed by atoms with Gasteiger partial charge in [-0.05, 0) is 31.7 Å². The minimum absolute atomic E-state index is 0. The number of hydrogen-bond donors (Lipinski definition) is 1. The molecule has 1 aromatic carbocycles. The summed E-state index contributed by atoms with van der Waals surface area (Å²) in [7, 11) is 1.68. The number of aliphatic imine (C=N–C) groups is 1. The molecule has 1 aliphatic carbocycles. The second-order valence-corrected chi connectivity index (χ2v) is 7.47. The lowest BCUT2D eigenvalue weighted by Crippen LogP contribution is -2.42. The van der Waals surface area contributed by atoms with Gasteiger partial charge in [-0.3, -0.25) is 0 Å². The third-order valence-electron chi connectivity index (χ3n) is 4.61. The average molecular weight is 477 g/mol. The van der Waals surface area contributed by atoms with Gasteiger partial charge in [0.2, 0.25) is 0 Å². The van der Waals surface area contributed by atoms with Crippen LogP contribution in [-0.2, 0) is 6.54 Å². The maximum Gasteiger partial charge on any atom is 0.191 e. The molecular formula is C18H28IN3O2S. The maximum absolute atomic E-state index is 6.25. The summed E-state index contributed by atoms with van der Waals surface area (Å²) in [5.41, 5.74) is 7.21. The van der Waals surface area contributed by atoms with Crippen LogP contribution in [0.15, 0.2) is 23.2 Å². The zero-order valence-corrected chi connectivity index (χ0v) is 17.9. The van der Waals surface area contributed by atoms with Crippen LogP contribution in [0.25, 0.3) is 0 Å². The molecule has 1 aliphatic heterocycles. The van der Waals surface area contributed by atoms with E-state index >= 15 is 0 Å². The van der Waals surface area contributed by atoms with Crippen molar-refractivity contribution in [2.24, 2.45) is 10.7 Å². The smallest absolute Gasteiger partial charge is 0.191 e. The van der Waals surface area contributed by atoms with Crippen LogP contribution in [0.5, 0.6) is 11.5 Å². The van der Waals surface area contributed by atoms with Crippen molar-refractivity contribution in [1.82, 2.24) is 4.90 Å². The molecule has 0 aromatic heterocycles. The van der Waals surface area contributed by atoms with Crippen molar-refractivity contribution in [3.8, 4) is 11.5 Å². The first kappa shape index (κ1) is 20.5. The predicted molar refractivity (Wildman–Crippen MR) is 116 cm³/mol. The molecule has 7 heteroatoms. The Bertz CT molecular complexity index is 573. The van der Waals surface area contributed by atoms with Gasteiger partial charge in [-0.15, -0.1) is 24.0 Å². The number of hydrogen-bond acceptors (Lipinski definition) is 4. The molecule has 1 aromatic rings. The van der Waals surface area contributed by atoms with E-state index in [4.69, 9.17) is 15.2 Å². The fourth-order valence-electron chi connectivity index (χ4n) is 3.21. The molecule has 140 valence electrons. The van der Waals surface area contributed by atoms with E-state index in [0.717, 1.165) is 54.5 Å². The van der Waals surface area contributed by atoms with Gasteiger partial charge in [0.1, 0.15) is 0 Å². The number of nitrogens with zero attached hydrogens (tertiary/aromatic N) is 2. The summed E-state index contributed by atoms with van der Waals surface area (Å²) in [6.07, 6.45) is 5.02. The molecule has 1 saturated carbocycles. The van der Waals surface area contributed by atoms with Crippen LogP contribution in [-0.4, -0.2) is 48.7 Å². The number of para-hydroxylation sites is 1. The molecule has 2 aliphatic rings. The average Bonchev–Trinajstić information content (AvgIpc) is 3.14. The van der Waals surface area contributed by atoms with Gasteiger partial charge >= 0.3 is 0 Å². The number of methoxy groups -OCH3 is 1. The number of rotatable bonds is 5. The number of halogens is 1. The predicted octanol–water partition coefficient (Wildman–Crippen LogP) is 3.50. The van der Waals surface area contributed by atoms with Gasteiger partial charge in [-0.2, -0.15) is 11.8 Å². The first-order valence-electron chi connectivity index (χ1n) is 8.73. The Morgan fingerprint density at radius 2 is 2.00 bits per heavy atom. The Labute approximate surface area is 171 Å². The Morgan fingerprint density at radius 3 is 2.68 bits per heavy atom. The Balaban J connectivity index is 0.00000225. The summed E-state index contributed by atoms with van der Waals surface area (Å²) in [6, 6.07) is 5.98. The molecule has 3 rings (SSSR count). The van der Waals surface area contributed by atoms with Gasteiger partial charge < -0.3 is 20.1 Å². The number of guanidine groups is 1. The van der Waals surface area contributed by atoms with Crippen molar-refractivity contribution in [3.05, 3.63) is 23.8 Å². The lowest BCUT2D eigenvalue weighted by molar-refractivity contribution is 0.198. The molecule has 0 radical (unpaired) electrons. The quantitative estimate of drug-likeness (QED) is 0.400. The number of thioether (sulfide) groups is 1. The van der Waals surface area contributed by atoms with Gasteiger partial charge in [0, 0.05) is 30.2 Å². The summed E-state index contributed by atoms with van der Waals surface area (Å²) in [6.45, 7) is 2.47. The standard InChI is InChI=1S/C18H27N3O2S.HI/c1-22-16-8-4-5-14(17(16)23-15-6-2-3-7-15)13-20-18(19)21-9-11-24-12-10-21;/h4-5,8,15H,2-3,6-7,9-13H2,1H3,(H2,19,20);1H. The highest BCUT2D eigenvalue weighted by molar-refractivity contribution is 14.0. The summed E-state index contributed by atoms with van der Waals surface area (Å²) < 4.78 is 11.8. The fourth-order valence-corrected chi connectivity index (χ4v) is 4.11. The molecule has 0 amide bonds. The monoisotopic (exact) mass is 477 g/mol. The van der Waals surface area contributed by atoms with Crippen LogP contribution >= 0.6 is 35.7 Å². The van der Waals surface area contributed by atoms with E-state index < -0.39 is 0 Å². The van der Waals surface area contributed by atoms with Gasteiger partial charge in [0.25, 0.3) is 0 Å². The van der Waals surface area contributed by atoms with Gasteiger partial charge in [-0.25, -0.2) is 4.99 Å². The molecule has 5 nitrogen and oxygen atoms in total. The van der Waals surface area contributed by atoms with Crippen LogP contribution in [0.4, 0.5) is 0 Å². The fraction of sp³-hybridized carbons (Fsp3) is 0.611. The van der Waals surface area contributed by atoms with Crippen LogP contribution in [0.2, 0.25) is 0 Å². The molecule has 0 bridgehead atoms. The van der Waals surface area contributed by atoms with E-state index in [9.17, 15) is 0 Å². The van der Waals surface area contributed by atoms with Gasteiger partial charge in [0.05, 0.1) is 19.8 Å². The molecule has 25 heavy (non-hydrogen) atoms. The lowest BCUT2D eigenvalue weighted by atomic mass is 10.1. The van der Waals surface area contributed by atoms with E-state index in [1.54, 1.807) is 7.11 Å². The molecular weight excluding hydrogens is 449 g/mol. The SMILES string of the molecule is COc1cccc(CN=C(N)N2CCSCC2)c1OC1CCCC1.I. The summed E-state index contributed by atoms with van der Waals surface area (Å²) in [4.78, 5) is 6.77. The number of nitrogens with two attached hydrogens (primary N) is 1. The number of benzene rings is 1. The summed E-state index contributed by atoms with van der Waals surface area (Å²) in [5, 5.41) is 0. The van der Waals surface area contributed by atoms with Crippen molar-refractivity contribution < 1.29 is 9.47 Å². The highest BCUT2D eigenvalue weighted by Gasteiger charge is 2.20. The van der Waals surface area contributed by atoms with Crippen LogP contribution in [0.3, 0.4) is 0 Å². The van der Waals surface area contributed by atoms with E-state index in [1.165, 1.54) is 12.8 Å². The topological polar surface area (TPSA) is 60.1 Å². The highest BCUT2D eigenvalue weighted by atomic mass is 127. The second kappa shape index (κ2) is 10.4. The normalized spacial score (nSPS) is 18.8. The first-order valence-corrected chi connectivity index (χ1v) is 9.88. The molecule has 2 fully saturated rings. The van der Waals surface area contributed by atoms with Gasteiger partial charge in [0.15, 0.2) is 17.5 Å². The first-order chi connectivity index (χ1) is 11.8.